The van der Waals surface area contributed by atoms with Crippen LogP contribution >= 0.6 is 0 Å². The average molecular weight is 350 g/mol. The number of carbonyl (C=O) groups is 3. The van der Waals surface area contributed by atoms with E-state index in [2.05, 4.69) is 20.1 Å². The van der Waals surface area contributed by atoms with Crippen LogP contribution in [0.2, 0.25) is 0 Å². The number of hydrogen-bond donors (Lipinski definition) is 2. The smallest absolute Gasteiger partial charge is 0.354 e. The molecule has 0 unspecified atom stereocenters. The van der Waals surface area contributed by atoms with Crippen LogP contribution in [0.4, 0.5) is 11.4 Å². The van der Waals surface area contributed by atoms with Crippen molar-refractivity contribution in [3.63, 3.8) is 0 Å². The molecule has 0 aliphatic heterocycles. The third-order valence-corrected chi connectivity index (χ3v) is 3.10. The summed E-state index contributed by atoms with van der Waals surface area (Å²) in [5.74, 6) is -1.16. The van der Waals surface area contributed by atoms with E-state index in [-0.39, 0.29) is 11.6 Å². The highest BCUT2D eigenvalue weighted by Crippen LogP contribution is 2.29. The molecule has 8 nitrogen and oxygen atoms in total. The van der Waals surface area contributed by atoms with Crippen LogP contribution in [-0.4, -0.2) is 39.2 Å². The normalized spacial score (nSPS) is 10.6. The van der Waals surface area contributed by atoms with Crippen molar-refractivity contribution in [3.05, 3.63) is 30.0 Å². The molecular formula is C17H22N2O6. The van der Waals surface area contributed by atoms with E-state index in [1.54, 1.807) is 18.2 Å². The van der Waals surface area contributed by atoms with Gasteiger partial charge in [-0.2, -0.15) is 0 Å². The van der Waals surface area contributed by atoms with Crippen molar-refractivity contribution in [1.29, 1.82) is 0 Å². The maximum atomic E-state index is 11.8. The van der Waals surface area contributed by atoms with Crippen LogP contribution in [0, 0.1) is 0 Å². The van der Waals surface area contributed by atoms with Gasteiger partial charge in [0.15, 0.2) is 0 Å². The van der Waals surface area contributed by atoms with E-state index in [1.165, 1.54) is 21.3 Å². The van der Waals surface area contributed by atoms with Crippen LogP contribution < -0.4 is 15.4 Å². The summed E-state index contributed by atoms with van der Waals surface area (Å²) in [6.45, 7) is 1.91. The van der Waals surface area contributed by atoms with Crippen LogP contribution in [0.25, 0.3) is 0 Å². The molecule has 0 bridgehead atoms. The lowest BCUT2D eigenvalue weighted by Gasteiger charge is -2.14. The molecule has 0 saturated heterocycles. The van der Waals surface area contributed by atoms with Gasteiger partial charge in [-0.3, -0.25) is 4.79 Å². The highest BCUT2D eigenvalue weighted by molar-refractivity contribution is 5.99. The molecule has 0 aromatic heterocycles. The monoisotopic (exact) mass is 350 g/mol. The topological polar surface area (TPSA) is 103 Å². The fourth-order valence-corrected chi connectivity index (χ4v) is 1.90. The number of ether oxygens (including phenoxy) is 3. The third kappa shape index (κ3) is 6.17. The summed E-state index contributed by atoms with van der Waals surface area (Å²) in [7, 11) is 3.85. The third-order valence-electron chi connectivity index (χ3n) is 3.10. The van der Waals surface area contributed by atoms with E-state index in [9.17, 15) is 14.4 Å². The lowest BCUT2D eigenvalue weighted by atomic mass is 10.2. The highest BCUT2D eigenvalue weighted by atomic mass is 16.5. The zero-order valence-electron chi connectivity index (χ0n) is 14.7. The van der Waals surface area contributed by atoms with E-state index >= 15 is 0 Å². The number of rotatable bonds is 8. The number of esters is 2. The van der Waals surface area contributed by atoms with E-state index in [0.29, 0.717) is 23.5 Å². The molecule has 136 valence electrons. The molecule has 8 heteroatoms. The second-order valence-corrected chi connectivity index (χ2v) is 4.91. The van der Waals surface area contributed by atoms with Gasteiger partial charge in [-0.15, -0.1) is 0 Å². The summed E-state index contributed by atoms with van der Waals surface area (Å²) >= 11 is 0. The second kappa shape index (κ2) is 9.96. The zero-order valence-corrected chi connectivity index (χ0v) is 14.7. The molecule has 0 saturated carbocycles. The van der Waals surface area contributed by atoms with Gasteiger partial charge in [0, 0.05) is 18.2 Å². The zero-order chi connectivity index (χ0) is 18.8. The van der Waals surface area contributed by atoms with Crippen molar-refractivity contribution in [2.45, 2.75) is 19.8 Å². The van der Waals surface area contributed by atoms with Gasteiger partial charge < -0.3 is 24.8 Å². The molecule has 1 amide bonds. The Kier molecular flexibility index (Phi) is 7.98. The van der Waals surface area contributed by atoms with Crippen molar-refractivity contribution < 1.29 is 28.6 Å². The first-order valence-electron chi connectivity index (χ1n) is 7.58. The van der Waals surface area contributed by atoms with Gasteiger partial charge in [0.1, 0.15) is 11.4 Å². The second-order valence-electron chi connectivity index (χ2n) is 4.91. The first kappa shape index (κ1) is 20.0. The van der Waals surface area contributed by atoms with Crippen LogP contribution in [0.15, 0.2) is 30.0 Å². The predicted octanol–water partition coefficient (Wildman–Crippen LogP) is 2.08. The average Bonchev–Trinajstić information content (AvgIpc) is 2.61. The molecular weight excluding hydrogens is 328 g/mol. The number of methoxy groups -OCH3 is 3. The largest absolute Gasteiger partial charge is 0.494 e. The van der Waals surface area contributed by atoms with Gasteiger partial charge in [0.2, 0.25) is 5.91 Å². The molecule has 0 atom stereocenters. The van der Waals surface area contributed by atoms with E-state index < -0.39 is 11.9 Å². The first-order valence-corrected chi connectivity index (χ1v) is 7.58. The van der Waals surface area contributed by atoms with Gasteiger partial charge in [0.25, 0.3) is 0 Å². The Morgan fingerprint density at radius 3 is 2.36 bits per heavy atom. The Hall–Kier alpha value is -3.03. The maximum Gasteiger partial charge on any atom is 0.354 e. The van der Waals surface area contributed by atoms with Gasteiger partial charge >= 0.3 is 11.9 Å². The van der Waals surface area contributed by atoms with E-state index in [0.717, 1.165) is 12.5 Å². The van der Waals surface area contributed by atoms with Gasteiger partial charge in [-0.1, -0.05) is 6.92 Å². The summed E-state index contributed by atoms with van der Waals surface area (Å²) < 4.78 is 14.4. The summed E-state index contributed by atoms with van der Waals surface area (Å²) in [5, 5.41) is 5.51. The number of carbonyl (C=O) groups excluding carboxylic acids is 3. The number of benzene rings is 1. The fourth-order valence-electron chi connectivity index (χ4n) is 1.90. The minimum absolute atomic E-state index is 0.0980. The molecule has 0 heterocycles. The molecule has 0 radical (unpaired) electrons. The number of hydrogen-bond acceptors (Lipinski definition) is 7. The fraction of sp³-hybridized carbons (Fsp3) is 0.353. The van der Waals surface area contributed by atoms with Crippen LogP contribution in [0.1, 0.15) is 19.8 Å². The Morgan fingerprint density at radius 2 is 1.80 bits per heavy atom. The van der Waals surface area contributed by atoms with E-state index in [4.69, 9.17) is 4.74 Å². The number of anilines is 2. The number of amides is 1. The summed E-state index contributed by atoms with van der Waals surface area (Å²) in [4.78, 5) is 34.9. The number of nitrogens with one attached hydrogen (secondary N) is 2. The van der Waals surface area contributed by atoms with Crippen molar-refractivity contribution in [3.8, 4) is 5.75 Å². The van der Waals surface area contributed by atoms with Crippen LogP contribution in [0.3, 0.4) is 0 Å². The van der Waals surface area contributed by atoms with Crippen molar-refractivity contribution in [1.82, 2.24) is 0 Å². The van der Waals surface area contributed by atoms with Gasteiger partial charge in [0.05, 0.1) is 33.1 Å². The summed E-state index contributed by atoms with van der Waals surface area (Å²) in [5.41, 5.74) is 0.869. The molecule has 0 spiro atoms. The molecule has 1 rings (SSSR count). The Morgan fingerprint density at radius 1 is 1.08 bits per heavy atom. The maximum absolute atomic E-state index is 11.8. The van der Waals surface area contributed by atoms with Crippen molar-refractivity contribution in [2.75, 3.05) is 32.0 Å². The van der Waals surface area contributed by atoms with E-state index in [1.807, 2.05) is 6.92 Å². The summed E-state index contributed by atoms with van der Waals surface area (Å²) in [6, 6.07) is 4.83. The van der Waals surface area contributed by atoms with Crippen molar-refractivity contribution in [2.24, 2.45) is 0 Å². The lowest BCUT2D eigenvalue weighted by molar-refractivity contribution is -0.138. The standard InChI is InChI=1S/C17H22N2O6/c1-5-6-15(20)19-12-8-7-11(9-14(12)23-2)18-13(17(22)25-4)10-16(21)24-3/h7-10,18H,5-6H2,1-4H3,(H,19,20)/b13-10+. The van der Waals surface area contributed by atoms with Crippen LogP contribution in [0.5, 0.6) is 5.75 Å². The van der Waals surface area contributed by atoms with Gasteiger partial charge in [-0.05, 0) is 18.6 Å². The Balaban J connectivity index is 3.04. The van der Waals surface area contributed by atoms with Crippen molar-refractivity contribution >= 4 is 29.2 Å². The first-order chi connectivity index (χ1) is 11.9. The minimum atomic E-state index is -0.732. The molecule has 0 aliphatic carbocycles. The Bertz CT molecular complexity index is 669. The van der Waals surface area contributed by atoms with Crippen LogP contribution in [-0.2, 0) is 23.9 Å². The molecule has 0 fully saturated rings. The molecule has 1 aromatic rings. The predicted molar refractivity (Wildman–Crippen MR) is 92.3 cm³/mol. The molecule has 25 heavy (non-hydrogen) atoms. The summed E-state index contributed by atoms with van der Waals surface area (Å²) in [6.07, 6.45) is 2.11. The lowest BCUT2D eigenvalue weighted by Crippen LogP contribution is -2.16. The SMILES string of the molecule is CCCC(=O)Nc1ccc(N/C(=C/C(=O)OC)C(=O)OC)cc1OC. The molecule has 1 aromatic carbocycles. The minimum Gasteiger partial charge on any atom is -0.494 e. The Labute approximate surface area is 146 Å². The highest BCUT2D eigenvalue weighted by Gasteiger charge is 2.14. The van der Waals surface area contributed by atoms with Gasteiger partial charge in [-0.25, -0.2) is 9.59 Å². The molecule has 0 aliphatic rings. The quantitative estimate of drug-likeness (QED) is 0.546. The molecule has 2 N–H and O–H groups in total.